The lowest BCUT2D eigenvalue weighted by Crippen LogP contribution is -2.19. The zero-order chi connectivity index (χ0) is 13.8. The van der Waals surface area contributed by atoms with Crippen molar-refractivity contribution in [1.82, 2.24) is 25.2 Å². The predicted octanol–water partition coefficient (Wildman–Crippen LogP) is 1.62. The average Bonchev–Trinajstić information content (AvgIpc) is 3.16. The van der Waals surface area contributed by atoms with Crippen LogP contribution in [0.5, 0.6) is 0 Å². The van der Waals surface area contributed by atoms with E-state index >= 15 is 0 Å². The molecule has 3 aromatic heterocycles. The molecule has 0 amide bonds. The Morgan fingerprint density at radius 1 is 1.40 bits per heavy atom. The van der Waals surface area contributed by atoms with Gasteiger partial charge in [0.1, 0.15) is 0 Å². The Hall–Kier alpha value is -2.41. The van der Waals surface area contributed by atoms with Crippen molar-refractivity contribution >= 4 is 0 Å². The fourth-order valence-corrected chi connectivity index (χ4v) is 1.81. The Morgan fingerprint density at radius 3 is 3.10 bits per heavy atom. The summed E-state index contributed by atoms with van der Waals surface area (Å²) in [6, 6.07) is 3.58. The molecule has 0 saturated carbocycles. The number of aryl methyl sites for hydroxylation is 1. The molecule has 0 saturated heterocycles. The molecule has 0 aliphatic heterocycles. The van der Waals surface area contributed by atoms with E-state index in [1.54, 1.807) is 18.4 Å². The third-order valence-electron chi connectivity index (χ3n) is 2.77. The van der Waals surface area contributed by atoms with E-state index < -0.39 is 0 Å². The topological polar surface area (TPSA) is 81.9 Å². The minimum absolute atomic E-state index is 0.467. The summed E-state index contributed by atoms with van der Waals surface area (Å²) in [4.78, 5) is 4.24. The van der Waals surface area contributed by atoms with Crippen LogP contribution >= 0.6 is 0 Å². The van der Waals surface area contributed by atoms with Crippen LogP contribution in [0.4, 0.5) is 0 Å². The third kappa shape index (κ3) is 2.94. The Bertz CT molecular complexity index is 656. The lowest BCUT2D eigenvalue weighted by molar-refractivity contribution is 0.365. The van der Waals surface area contributed by atoms with E-state index in [4.69, 9.17) is 8.94 Å². The van der Waals surface area contributed by atoms with Crippen molar-refractivity contribution in [2.75, 3.05) is 6.54 Å². The Morgan fingerprint density at radius 2 is 2.35 bits per heavy atom. The van der Waals surface area contributed by atoms with Gasteiger partial charge in [-0.1, -0.05) is 5.16 Å². The van der Waals surface area contributed by atoms with Gasteiger partial charge in [0.05, 0.1) is 25.5 Å². The molecule has 3 aromatic rings. The molecule has 0 unspecified atom stereocenters. The second kappa shape index (κ2) is 5.70. The second-order valence-electron chi connectivity index (χ2n) is 4.45. The number of hydrogen-bond donors (Lipinski definition) is 1. The molecule has 0 aliphatic rings. The zero-order valence-corrected chi connectivity index (χ0v) is 11.1. The van der Waals surface area contributed by atoms with E-state index in [1.807, 2.05) is 24.0 Å². The minimum Gasteiger partial charge on any atom is -0.461 e. The maximum absolute atomic E-state index is 5.20. The van der Waals surface area contributed by atoms with Crippen LogP contribution in [0.25, 0.3) is 11.6 Å². The first-order chi connectivity index (χ1) is 9.81. The largest absolute Gasteiger partial charge is 0.461 e. The quantitative estimate of drug-likeness (QED) is 0.687. The summed E-state index contributed by atoms with van der Waals surface area (Å²) in [5.74, 6) is 1.61. The summed E-state index contributed by atoms with van der Waals surface area (Å²) in [5, 5.41) is 11.3. The van der Waals surface area contributed by atoms with Gasteiger partial charge in [-0.25, -0.2) is 0 Å². The van der Waals surface area contributed by atoms with Crippen molar-refractivity contribution in [3.05, 3.63) is 42.2 Å². The SMILES string of the molecule is Cc1cnn(CCNCc2nc(-c3ccco3)no2)c1. The van der Waals surface area contributed by atoms with Gasteiger partial charge in [0.2, 0.25) is 11.7 Å². The highest BCUT2D eigenvalue weighted by Gasteiger charge is 2.09. The van der Waals surface area contributed by atoms with Crippen LogP contribution in [-0.2, 0) is 13.1 Å². The molecule has 0 spiro atoms. The van der Waals surface area contributed by atoms with Gasteiger partial charge < -0.3 is 14.3 Å². The third-order valence-corrected chi connectivity index (χ3v) is 2.77. The van der Waals surface area contributed by atoms with Gasteiger partial charge in [0, 0.05) is 12.7 Å². The number of hydrogen-bond acceptors (Lipinski definition) is 6. The molecule has 0 radical (unpaired) electrons. The molecule has 0 atom stereocenters. The van der Waals surface area contributed by atoms with Crippen molar-refractivity contribution in [2.45, 2.75) is 20.0 Å². The Balaban J connectivity index is 1.47. The standard InChI is InChI=1S/C13H15N5O2/c1-10-7-15-18(9-10)5-4-14-8-12-16-13(17-20-12)11-3-2-6-19-11/h2-3,6-7,9,14H,4-5,8H2,1H3. The summed E-state index contributed by atoms with van der Waals surface area (Å²) in [6.07, 6.45) is 5.42. The van der Waals surface area contributed by atoms with Gasteiger partial charge in [0.15, 0.2) is 5.76 Å². The molecule has 0 aromatic carbocycles. The van der Waals surface area contributed by atoms with Crippen molar-refractivity contribution in [1.29, 1.82) is 0 Å². The molecule has 3 heterocycles. The van der Waals surface area contributed by atoms with E-state index in [-0.39, 0.29) is 0 Å². The van der Waals surface area contributed by atoms with E-state index in [0.717, 1.165) is 18.7 Å². The van der Waals surface area contributed by atoms with E-state index in [1.165, 1.54) is 0 Å². The summed E-state index contributed by atoms with van der Waals surface area (Å²) in [6.45, 7) is 4.12. The molecule has 0 fully saturated rings. The fourth-order valence-electron chi connectivity index (χ4n) is 1.81. The lowest BCUT2D eigenvalue weighted by Gasteiger charge is -2.01. The van der Waals surface area contributed by atoms with Crippen LogP contribution in [0.3, 0.4) is 0 Å². The lowest BCUT2D eigenvalue weighted by atomic mass is 10.4. The van der Waals surface area contributed by atoms with Crippen LogP contribution in [-0.4, -0.2) is 26.5 Å². The van der Waals surface area contributed by atoms with Crippen molar-refractivity contribution in [2.24, 2.45) is 0 Å². The molecule has 104 valence electrons. The minimum atomic E-state index is 0.467. The molecular formula is C13H15N5O2. The number of aromatic nitrogens is 4. The highest BCUT2D eigenvalue weighted by atomic mass is 16.5. The van der Waals surface area contributed by atoms with Gasteiger partial charge in [0.25, 0.3) is 0 Å². The summed E-state index contributed by atoms with van der Waals surface area (Å²) in [7, 11) is 0. The smallest absolute Gasteiger partial charge is 0.241 e. The Labute approximate surface area is 115 Å². The average molecular weight is 273 g/mol. The van der Waals surface area contributed by atoms with Gasteiger partial charge >= 0.3 is 0 Å². The van der Waals surface area contributed by atoms with Gasteiger partial charge in [-0.2, -0.15) is 10.1 Å². The van der Waals surface area contributed by atoms with Gasteiger partial charge in [-0.15, -0.1) is 0 Å². The normalized spacial score (nSPS) is 11.1. The fraction of sp³-hybridized carbons (Fsp3) is 0.308. The van der Waals surface area contributed by atoms with Crippen molar-refractivity contribution in [3.8, 4) is 11.6 Å². The highest BCUT2D eigenvalue weighted by Crippen LogP contribution is 2.15. The number of nitrogens with zero attached hydrogens (tertiary/aromatic N) is 4. The summed E-state index contributed by atoms with van der Waals surface area (Å²) in [5.41, 5.74) is 1.16. The predicted molar refractivity (Wildman–Crippen MR) is 70.7 cm³/mol. The van der Waals surface area contributed by atoms with Gasteiger partial charge in [-0.05, 0) is 24.6 Å². The molecule has 0 bridgehead atoms. The van der Waals surface area contributed by atoms with E-state index in [0.29, 0.717) is 24.0 Å². The van der Waals surface area contributed by atoms with Crippen LogP contribution < -0.4 is 5.32 Å². The first-order valence-electron chi connectivity index (χ1n) is 6.37. The molecule has 3 rings (SSSR count). The number of furan rings is 1. The molecule has 1 N–H and O–H groups in total. The monoisotopic (exact) mass is 273 g/mol. The molecule has 0 aliphatic carbocycles. The summed E-state index contributed by atoms with van der Waals surface area (Å²) >= 11 is 0. The maximum atomic E-state index is 5.20. The Kier molecular flexibility index (Phi) is 3.60. The molecular weight excluding hydrogens is 258 g/mol. The number of rotatable bonds is 6. The molecule has 7 heteroatoms. The first kappa shape index (κ1) is 12.6. The van der Waals surface area contributed by atoms with E-state index in [2.05, 4.69) is 20.6 Å². The first-order valence-corrected chi connectivity index (χ1v) is 6.37. The van der Waals surface area contributed by atoms with Crippen LogP contribution in [0, 0.1) is 6.92 Å². The van der Waals surface area contributed by atoms with Crippen LogP contribution in [0.1, 0.15) is 11.5 Å². The summed E-state index contributed by atoms with van der Waals surface area (Å²) < 4.78 is 12.2. The van der Waals surface area contributed by atoms with Crippen LogP contribution in [0.15, 0.2) is 39.7 Å². The van der Waals surface area contributed by atoms with Crippen LogP contribution in [0.2, 0.25) is 0 Å². The zero-order valence-electron chi connectivity index (χ0n) is 11.1. The van der Waals surface area contributed by atoms with E-state index in [9.17, 15) is 0 Å². The maximum Gasteiger partial charge on any atom is 0.241 e. The van der Waals surface area contributed by atoms with Crippen molar-refractivity contribution < 1.29 is 8.94 Å². The second-order valence-corrected chi connectivity index (χ2v) is 4.45. The molecule has 7 nitrogen and oxygen atoms in total. The van der Waals surface area contributed by atoms with Crippen molar-refractivity contribution in [3.63, 3.8) is 0 Å². The molecule has 20 heavy (non-hydrogen) atoms. The van der Waals surface area contributed by atoms with Gasteiger partial charge in [-0.3, -0.25) is 4.68 Å². The number of nitrogens with one attached hydrogen (secondary N) is 1. The highest BCUT2D eigenvalue weighted by molar-refractivity contribution is 5.44.